The van der Waals surface area contributed by atoms with Crippen LogP contribution in [-0.2, 0) is 0 Å². The van der Waals surface area contributed by atoms with Crippen molar-refractivity contribution in [1.29, 1.82) is 0 Å². The summed E-state index contributed by atoms with van der Waals surface area (Å²) in [6.45, 7) is 2.07. The number of fused-ring (bicyclic) bond motifs is 3. The van der Waals surface area contributed by atoms with Gasteiger partial charge in [-0.2, -0.15) is 0 Å². The molecule has 0 radical (unpaired) electrons. The number of para-hydroxylation sites is 2. The van der Waals surface area contributed by atoms with Crippen LogP contribution in [0.5, 0.6) is 0 Å². The molecule has 0 unspecified atom stereocenters. The maximum absolute atomic E-state index is 4.72. The number of hydrogen-bond acceptors (Lipinski definition) is 3. The Hall–Kier alpha value is -3.27. The minimum absolute atomic E-state index is 0.755. The zero-order chi connectivity index (χ0) is 16.1. The molecular formula is C20H14N4. The lowest BCUT2D eigenvalue weighted by atomic mass is 10.1. The third-order valence-corrected chi connectivity index (χ3v) is 4.27. The van der Waals surface area contributed by atoms with E-state index in [4.69, 9.17) is 4.98 Å². The highest BCUT2D eigenvalue weighted by atomic mass is 14.9. The van der Waals surface area contributed by atoms with Crippen molar-refractivity contribution in [3.8, 4) is 11.4 Å². The first-order chi connectivity index (χ1) is 11.8. The van der Waals surface area contributed by atoms with Crippen molar-refractivity contribution in [2.45, 2.75) is 6.92 Å². The fourth-order valence-electron chi connectivity index (χ4n) is 2.97. The lowest BCUT2D eigenvalue weighted by Crippen LogP contribution is -1.87. The van der Waals surface area contributed by atoms with Gasteiger partial charge >= 0.3 is 0 Å². The molecule has 114 valence electrons. The molecule has 0 saturated carbocycles. The first kappa shape index (κ1) is 13.2. The van der Waals surface area contributed by atoms with Crippen LogP contribution in [0.25, 0.3) is 44.5 Å². The van der Waals surface area contributed by atoms with Gasteiger partial charge in [-0.3, -0.25) is 0 Å². The fourth-order valence-corrected chi connectivity index (χ4v) is 2.97. The summed E-state index contributed by atoms with van der Waals surface area (Å²) in [6.07, 6.45) is 0. The van der Waals surface area contributed by atoms with E-state index in [1.54, 1.807) is 0 Å². The van der Waals surface area contributed by atoms with Gasteiger partial charge in [-0.25, -0.2) is 15.0 Å². The molecule has 4 heteroatoms. The van der Waals surface area contributed by atoms with E-state index >= 15 is 0 Å². The highest BCUT2D eigenvalue weighted by Gasteiger charge is 2.09. The summed E-state index contributed by atoms with van der Waals surface area (Å²) >= 11 is 0. The van der Waals surface area contributed by atoms with Crippen LogP contribution in [0, 0.1) is 6.92 Å². The van der Waals surface area contributed by atoms with Crippen molar-refractivity contribution in [2.75, 3.05) is 0 Å². The van der Waals surface area contributed by atoms with Crippen LogP contribution in [0.1, 0.15) is 5.56 Å². The van der Waals surface area contributed by atoms with Gasteiger partial charge in [-0.05, 0) is 31.2 Å². The molecule has 0 saturated heterocycles. The van der Waals surface area contributed by atoms with Crippen LogP contribution < -0.4 is 0 Å². The van der Waals surface area contributed by atoms with Gasteiger partial charge in [0.25, 0.3) is 0 Å². The molecule has 0 atom stereocenters. The SMILES string of the molecule is Cc1ccc(-c2nc3cc4nc5ccccc5[nH]c4cc3n2)cc1. The summed E-state index contributed by atoms with van der Waals surface area (Å²) in [6, 6.07) is 20.3. The second-order valence-electron chi connectivity index (χ2n) is 6.03. The molecule has 0 aliphatic heterocycles. The summed E-state index contributed by atoms with van der Waals surface area (Å²) in [5.41, 5.74) is 7.84. The smallest absolute Gasteiger partial charge is 0.160 e. The van der Waals surface area contributed by atoms with Gasteiger partial charge < -0.3 is 4.98 Å². The van der Waals surface area contributed by atoms with Gasteiger partial charge in [0.1, 0.15) is 0 Å². The fraction of sp³-hybridized carbons (Fsp3) is 0.0500. The average Bonchev–Trinajstić information content (AvgIpc) is 3.01. The normalized spacial score (nSPS) is 11.5. The number of nitrogens with one attached hydrogen (secondary N) is 1. The van der Waals surface area contributed by atoms with Crippen molar-refractivity contribution < 1.29 is 0 Å². The molecule has 0 aliphatic rings. The van der Waals surface area contributed by atoms with Crippen molar-refractivity contribution in [3.05, 3.63) is 66.2 Å². The number of rotatable bonds is 1. The summed E-state index contributed by atoms with van der Waals surface area (Å²) < 4.78 is 0. The molecule has 24 heavy (non-hydrogen) atoms. The van der Waals surface area contributed by atoms with Crippen LogP contribution in [0.3, 0.4) is 0 Å². The van der Waals surface area contributed by atoms with E-state index in [2.05, 4.69) is 46.1 Å². The van der Waals surface area contributed by atoms with Crippen LogP contribution in [-0.4, -0.2) is 19.9 Å². The number of nitrogens with zero attached hydrogens (tertiary/aromatic N) is 3. The van der Waals surface area contributed by atoms with Crippen LogP contribution in [0.2, 0.25) is 0 Å². The zero-order valence-electron chi connectivity index (χ0n) is 13.1. The summed E-state index contributed by atoms with van der Waals surface area (Å²) in [5, 5.41) is 0. The van der Waals surface area contributed by atoms with Crippen LogP contribution in [0.4, 0.5) is 0 Å². The minimum atomic E-state index is 0.755. The highest BCUT2D eigenvalue weighted by molar-refractivity contribution is 5.95. The highest BCUT2D eigenvalue weighted by Crippen LogP contribution is 2.25. The molecule has 0 bridgehead atoms. The number of aryl methyl sites for hydroxylation is 1. The van der Waals surface area contributed by atoms with Crippen LogP contribution >= 0.6 is 0 Å². The van der Waals surface area contributed by atoms with E-state index in [0.29, 0.717) is 0 Å². The Bertz CT molecular complexity index is 1130. The minimum Gasteiger partial charge on any atom is -0.352 e. The summed E-state index contributed by atoms with van der Waals surface area (Å²) in [7, 11) is 0. The van der Waals surface area contributed by atoms with Gasteiger partial charge in [-0.1, -0.05) is 42.0 Å². The average molecular weight is 310 g/mol. The Morgan fingerprint density at radius 2 is 1.42 bits per heavy atom. The third-order valence-electron chi connectivity index (χ3n) is 4.27. The second-order valence-corrected chi connectivity index (χ2v) is 6.03. The zero-order valence-corrected chi connectivity index (χ0v) is 13.1. The largest absolute Gasteiger partial charge is 0.352 e. The number of aromatic amines is 1. The molecule has 5 rings (SSSR count). The molecule has 0 amide bonds. The van der Waals surface area contributed by atoms with E-state index in [9.17, 15) is 0 Å². The van der Waals surface area contributed by atoms with Crippen molar-refractivity contribution in [2.24, 2.45) is 0 Å². The third kappa shape index (κ3) is 2.04. The van der Waals surface area contributed by atoms with Gasteiger partial charge in [0.2, 0.25) is 0 Å². The molecule has 1 N–H and O–H groups in total. The molecule has 2 heterocycles. The number of H-pyrrole nitrogens is 1. The predicted molar refractivity (Wildman–Crippen MR) is 96.9 cm³/mol. The molecule has 2 aromatic heterocycles. The number of benzene rings is 3. The van der Waals surface area contributed by atoms with Crippen molar-refractivity contribution >= 4 is 33.1 Å². The predicted octanol–water partition coefficient (Wildman–Crippen LogP) is 4.63. The van der Waals surface area contributed by atoms with Gasteiger partial charge in [0.15, 0.2) is 5.82 Å². The lowest BCUT2D eigenvalue weighted by Gasteiger charge is -2.01. The van der Waals surface area contributed by atoms with E-state index in [1.807, 2.05) is 36.4 Å². The first-order valence-corrected chi connectivity index (χ1v) is 7.90. The Kier molecular flexibility index (Phi) is 2.67. The molecule has 5 aromatic rings. The van der Waals surface area contributed by atoms with E-state index < -0.39 is 0 Å². The quantitative estimate of drug-likeness (QED) is 0.459. The topological polar surface area (TPSA) is 54.5 Å². The Morgan fingerprint density at radius 1 is 0.667 bits per heavy atom. The van der Waals surface area contributed by atoms with Gasteiger partial charge in [0, 0.05) is 5.56 Å². The van der Waals surface area contributed by atoms with E-state index in [-0.39, 0.29) is 0 Å². The monoisotopic (exact) mass is 310 g/mol. The maximum Gasteiger partial charge on any atom is 0.160 e. The Balaban J connectivity index is 1.74. The molecular weight excluding hydrogens is 296 g/mol. The lowest BCUT2D eigenvalue weighted by molar-refractivity contribution is 1.33. The van der Waals surface area contributed by atoms with Crippen LogP contribution in [0.15, 0.2) is 60.7 Å². The van der Waals surface area contributed by atoms with Crippen molar-refractivity contribution in [1.82, 2.24) is 19.9 Å². The first-order valence-electron chi connectivity index (χ1n) is 7.90. The maximum atomic E-state index is 4.72. The second kappa shape index (κ2) is 4.86. The number of imidazole rings is 1. The molecule has 4 nitrogen and oxygen atoms in total. The Morgan fingerprint density at radius 3 is 2.25 bits per heavy atom. The molecule has 3 aromatic carbocycles. The van der Waals surface area contributed by atoms with Crippen molar-refractivity contribution in [3.63, 3.8) is 0 Å². The summed E-state index contributed by atoms with van der Waals surface area (Å²) in [5.74, 6) is 0.755. The van der Waals surface area contributed by atoms with Gasteiger partial charge in [-0.15, -0.1) is 0 Å². The number of aromatic nitrogens is 4. The van der Waals surface area contributed by atoms with E-state index in [0.717, 1.165) is 44.5 Å². The summed E-state index contributed by atoms with van der Waals surface area (Å²) in [4.78, 5) is 17.5. The Labute approximate surface area is 138 Å². The molecule has 0 fully saturated rings. The standard InChI is InChI=1S/C20H14N4/c1-12-6-8-13(9-7-12)20-23-18-10-16-17(11-19(18)24-20)22-15-5-3-2-4-14(15)21-16/h2-11,21H,1H3. The molecule has 0 aliphatic carbocycles. The van der Waals surface area contributed by atoms with Gasteiger partial charge in [0.05, 0.1) is 33.1 Å². The number of hydrogen-bond donors (Lipinski definition) is 1. The van der Waals surface area contributed by atoms with E-state index in [1.165, 1.54) is 5.56 Å². The molecule has 0 spiro atoms.